The number of Topliss-reactive ketones (excluding diaryl/α,β-unsaturated/α-hetero) is 1. The van der Waals surface area contributed by atoms with Gasteiger partial charge in [0, 0.05) is 30.6 Å². The van der Waals surface area contributed by atoms with Crippen LogP contribution in [-0.2, 0) is 11.2 Å². The van der Waals surface area contributed by atoms with Gasteiger partial charge in [-0.1, -0.05) is 12.1 Å². The third-order valence-corrected chi connectivity index (χ3v) is 5.76. The number of benzene rings is 1. The van der Waals surface area contributed by atoms with Crippen molar-refractivity contribution in [2.75, 3.05) is 43.5 Å². The Hall–Kier alpha value is -3.26. The highest BCUT2D eigenvalue weighted by Crippen LogP contribution is 2.39. The van der Waals surface area contributed by atoms with E-state index in [1.54, 1.807) is 0 Å². The van der Waals surface area contributed by atoms with Gasteiger partial charge in [-0.15, -0.1) is 0 Å². The van der Waals surface area contributed by atoms with Crippen molar-refractivity contribution < 1.29 is 14.3 Å². The quantitative estimate of drug-likeness (QED) is 0.688. The highest BCUT2D eigenvalue weighted by atomic mass is 16.5. The molecule has 0 amide bonds. The molecule has 5 rings (SSSR count). The maximum atomic E-state index is 13.0. The lowest BCUT2D eigenvalue weighted by molar-refractivity contribution is 0.0972. The van der Waals surface area contributed by atoms with Gasteiger partial charge in [0.05, 0.1) is 30.9 Å². The molecule has 31 heavy (non-hydrogen) atoms. The summed E-state index contributed by atoms with van der Waals surface area (Å²) < 4.78 is 11.1. The number of nitrogens with two attached hydrogens (primary N) is 1. The topological polar surface area (TPSA) is 103 Å². The normalized spacial score (nSPS) is 16.4. The number of aryl methyl sites for hydroxylation is 1. The number of anilines is 2. The maximum Gasteiger partial charge on any atom is 0.229 e. The van der Waals surface area contributed by atoms with Crippen molar-refractivity contribution in [2.45, 2.75) is 26.2 Å². The van der Waals surface area contributed by atoms with Crippen molar-refractivity contribution in [1.29, 1.82) is 0 Å². The summed E-state index contributed by atoms with van der Waals surface area (Å²) in [5.41, 5.74) is 10.1. The van der Waals surface area contributed by atoms with E-state index in [0.717, 1.165) is 35.4 Å². The number of rotatable bonds is 4. The van der Waals surface area contributed by atoms with Crippen LogP contribution in [0.3, 0.4) is 0 Å². The summed E-state index contributed by atoms with van der Waals surface area (Å²) in [7, 11) is 0. The lowest BCUT2D eigenvalue weighted by Crippen LogP contribution is -2.37. The second-order valence-corrected chi connectivity index (χ2v) is 7.75. The molecule has 2 N–H and O–H groups in total. The fraction of sp³-hybridized carbons (Fsp3) is 0.391. The number of aromatic nitrogens is 3. The number of pyridine rings is 1. The van der Waals surface area contributed by atoms with Crippen LogP contribution in [0.15, 0.2) is 24.3 Å². The van der Waals surface area contributed by atoms with E-state index in [-0.39, 0.29) is 5.78 Å². The number of ketones is 1. The van der Waals surface area contributed by atoms with Gasteiger partial charge in [-0.2, -0.15) is 9.97 Å². The zero-order chi connectivity index (χ0) is 21.4. The molecule has 8 nitrogen and oxygen atoms in total. The van der Waals surface area contributed by atoms with Crippen LogP contribution < -0.4 is 15.4 Å². The standard InChI is InChI=1S/C23H25N5O3/c1-2-31-15-6-3-5-14(13-15)18-19-16(7-4-8-17(19)29)25-22-20(18)21(24)26-23(27-22)28-9-11-30-12-10-28/h3,5-6,13H,2,4,7-12H2,1H3,(H2,24,25,26,27). The first-order valence-electron chi connectivity index (χ1n) is 10.7. The number of hydrogen-bond acceptors (Lipinski definition) is 8. The Kier molecular flexibility index (Phi) is 5.15. The third kappa shape index (κ3) is 3.57. The van der Waals surface area contributed by atoms with E-state index < -0.39 is 0 Å². The van der Waals surface area contributed by atoms with E-state index >= 15 is 0 Å². The average molecular weight is 419 g/mol. The highest BCUT2D eigenvalue weighted by molar-refractivity contribution is 6.13. The Morgan fingerprint density at radius 1 is 1.13 bits per heavy atom. The van der Waals surface area contributed by atoms with E-state index in [9.17, 15) is 4.79 Å². The van der Waals surface area contributed by atoms with Crippen molar-refractivity contribution in [3.05, 3.63) is 35.5 Å². The molecular formula is C23H25N5O3. The smallest absolute Gasteiger partial charge is 0.229 e. The molecule has 1 fully saturated rings. The summed E-state index contributed by atoms with van der Waals surface area (Å²) >= 11 is 0. The van der Waals surface area contributed by atoms with Crippen LogP contribution in [0.25, 0.3) is 22.2 Å². The Morgan fingerprint density at radius 3 is 2.77 bits per heavy atom. The largest absolute Gasteiger partial charge is 0.494 e. The van der Waals surface area contributed by atoms with Crippen LogP contribution in [0.2, 0.25) is 0 Å². The average Bonchev–Trinajstić information content (AvgIpc) is 2.79. The minimum absolute atomic E-state index is 0.0871. The van der Waals surface area contributed by atoms with Gasteiger partial charge < -0.3 is 20.1 Å². The second kappa shape index (κ2) is 8.11. The fourth-order valence-electron chi connectivity index (χ4n) is 4.35. The van der Waals surface area contributed by atoms with Gasteiger partial charge in [-0.3, -0.25) is 4.79 Å². The number of hydrogen-bond donors (Lipinski definition) is 1. The first-order valence-corrected chi connectivity index (χ1v) is 10.7. The molecular weight excluding hydrogens is 394 g/mol. The number of nitrogen functional groups attached to an aromatic ring is 1. The molecule has 2 aliphatic rings. The van der Waals surface area contributed by atoms with E-state index in [1.807, 2.05) is 31.2 Å². The molecule has 8 heteroatoms. The number of morpholine rings is 1. The van der Waals surface area contributed by atoms with Crippen LogP contribution in [0.5, 0.6) is 5.75 Å². The second-order valence-electron chi connectivity index (χ2n) is 7.75. The molecule has 1 aliphatic carbocycles. The molecule has 1 aliphatic heterocycles. The van der Waals surface area contributed by atoms with Crippen molar-refractivity contribution in [3.8, 4) is 16.9 Å². The first-order chi connectivity index (χ1) is 15.2. The van der Waals surface area contributed by atoms with Crippen molar-refractivity contribution >= 4 is 28.6 Å². The molecule has 0 saturated carbocycles. The van der Waals surface area contributed by atoms with Crippen LogP contribution in [0, 0.1) is 0 Å². The van der Waals surface area contributed by atoms with Crippen molar-refractivity contribution in [1.82, 2.24) is 15.0 Å². The van der Waals surface area contributed by atoms with Crippen molar-refractivity contribution in [3.63, 3.8) is 0 Å². The summed E-state index contributed by atoms with van der Waals surface area (Å²) in [5, 5.41) is 0.625. The Balaban J connectivity index is 1.76. The number of ether oxygens (including phenoxy) is 2. The lowest BCUT2D eigenvalue weighted by Gasteiger charge is -2.27. The van der Waals surface area contributed by atoms with Crippen LogP contribution in [0.1, 0.15) is 35.8 Å². The predicted molar refractivity (Wildman–Crippen MR) is 119 cm³/mol. The monoisotopic (exact) mass is 419 g/mol. The molecule has 0 unspecified atom stereocenters. The van der Waals surface area contributed by atoms with E-state index in [1.165, 1.54) is 0 Å². The van der Waals surface area contributed by atoms with Gasteiger partial charge in [-0.05, 0) is 37.5 Å². The van der Waals surface area contributed by atoms with Gasteiger partial charge >= 0.3 is 0 Å². The molecule has 0 spiro atoms. The highest BCUT2D eigenvalue weighted by Gasteiger charge is 2.28. The van der Waals surface area contributed by atoms with Gasteiger partial charge in [0.15, 0.2) is 11.4 Å². The Morgan fingerprint density at radius 2 is 1.97 bits per heavy atom. The number of fused-ring (bicyclic) bond motifs is 2. The van der Waals surface area contributed by atoms with Gasteiger partial charge in [0.2, 0.25) is 5.95 Å². The molecule has 0 atom stereocenters. The van der Waals surface area contributed by atoms with Crippen LogP contribution in [0.4, 0.5) is 11.8 Å². The fourth-order valence-corrected chi connectivity index (χ4v) is 4.35. The number of carbonyl (C=O) groups excluding carboxylic acids is 1. The summed E-state index contributed by atoms with van der Waals surface area (Å²) in [6.07, 6.45) is 2.04. The molecule has 0 bridgehead atoms. The molecule has 0 radical (unpaired) electrons. The Bertz CT molecular complexity index is 1160. The number of nitrogens with zero attached hydrogens (tertiary/aromatic N) is 4. The summed E-state index contributed by atoms with van der Waals surface area (Å²) in [5.74, 6) is 1.71. The zero-order valence-electron chi connectivity index (χ0n) is 17.6. The van der Waals surface area contributed by atoms with E-state index in [4.69, 9.17) is 25.2 Å². The maximum absolute atomic E-state index is 13.0. The SMILES string of the molecule is CCOc1cccc(-c2c3c(nc4nc(N5CCOCC5)nc(N)c24)CCCC3=O)c1. The summed E-state index contributed by atoms with van der Waals surface area (Å²) in [4.78, 5) is 29.2. The Labute approximate surface area is 180 Å². The minimum atomic E-state index is 0.0871. The molecule has 2 aromatic heterocycles. The van der Waals surface area contributed by atoms with Crippen molar-refractivity contribution in [2.24, 2.45) is 0 Å². The van der Waals surface area contributed by atoms with Crippen LogP contribution in [-0.4, -0.2) is 53.6 Å². The van der Waals surface area contributed by atoms with Gasteiger partial charge in [-0.25, -0.2) is 4.98 Å². The van der Waals surface area contributed by atoms with E-state index in [2.05, 4.69) is 9.88 Å². The number of carbonyl (C=O) groups is 1. The van der Waals surface area contributed by atoms with Gasteiger partial charge in [0.25, 0.3) is 0 Å². The van der Waals surface area contributed by atoms with Gasteiger partial charge in [0.1, 0.15) is 11.6 Å². The van der Waals surface area contributed by atoms with Crippen LogP contribution >= 0.6 is 0 Å². The third-order valence-electron chi connectivity index (χ3n) is 5.76. The molecule has 3 aromatic rings. The minimum Gasteiger partial charge on any atom is -0.494 e. The molecule has 160 valence electrons. The predicted octanol–water partition coefficient (Wildman–Crippen LogP) is 3.03. The molecule has 1 aromatic carbocycles. The molecule has 1 saturated heterocycles. The molecule has 3 heterocycles. The zero-order valence-corrected chi connectivity index (χ0v) is 17.6. The summed E-state index contributed by atoms with van der Waals surface area (Å²) in [6, 6.07) is 7.73. The lowest BCUT2D eigenvalue weighted by atomic mass is 9.86. The van der Waals surface area contributed by atoms with E-state index in [0.29, 0.717) is 67.7 Å². The first kappa shape index (κ1) is 19.7. The summed E-state index contributed by atoms with van der Waals surface area (Å²) in [6.45, 7) is 5.17.